The standard InChI is InChI=1S/C7H18NO4P/c1-2-3-4-8-7(5-9)6-13(10,11)12/h7-9H,2-6H2,1H3,(H2,10,11,12). The van der Waals surface area contributed by atoms with Gasteiger partial charge in [-0.2, -0.15) is 0 Å². The number of unbranched alkanes of at least 4 members (excludes halogenated alkanes) is 1. The Bertz CT molecular complexity index is 170. The van der Waals surface area contributed by atoms with Crippen LogP contribution in [0, 0.1) is 0 Å². The Morgan fingerprint density at radius 2 is 2.08 bits per heavy atom. The first-order valence-electron chi connectivity index (χ1n) is 4.38. The van der Waals surface area contributed by atoms with Crippen molar-refractivity contribution in [3.05, 3.63) is 0 Å². The Labute approximate surface area is 78.3 Å². The predicted molar refractivity (Wildman–Crippen MR) is 50.7 cm³/mol. The van der Waals surface area contributed by atoms with Gasteiger partial charge in [-0.25, -0.2) is 0 Å². The van der Waals surface area contributed by atoms with Crippen molar-refractivity contribution in [1.29, 1.82) is 0 Å². The highest BCUT2D eigenvalue weighted by molar-refractivity contribution is 7.51. The summed E-state index contributed by atoms with van der Waals surface area (Å²) in [6.45, 7) is 2.47. The van der Waals surface area contributed by atoms with Gasteiger partial charge in [0, 0.05) is 6.04 Å². The summed E-state index contributed by atoms with van der Waals surface area (Å²) in [5.74, 6) is 0. The van der Waals surface area contributed by atoms with Gasteiger partial charge in [0.25, 0.3) is 0 Å². The van der Waals surface area contributed by atoms with Crippen LogP contribution in [0.5, 0.6) is 0 Å². The second-order valence-corrected chi connectivity index (χ2v) is 4.73. The monoisotopic (exact) mass is 211 g/mol. The van der Waals surface area contributed by atoms with Crippen molar-refractivity contribution in [2.45, 2.75) is 25.8 Å². The summed E-state index contributed by atoms with van der Waals surface area (Å²) >= 11 is 0. The third-order valence-corrected chi connectivity index (χ3v) is 2.56. The molecule has 4 N–H and O–H groups in total. The second kappa shape index (κ2) is 6.51. The van der Waals surface area contributed by atoms with E-state index in [1.807, 2.05) is 6.92 Å². The van der Waals surface area contributed by atoms with Crippen LogP contribution < -0.4 is 5.32 Å². The van der Waals surface area contributed by atoms with E-state index in [0.29, 0.717) is 6.54 Å². The zero-order valence-corrected chi connectivity index (χ0v) is 8.70. The van der Waals surface area contributed by atoms with Gasteiger partial charge in [0.15, 0.2) is 0 Å². The van der Waals surface area contributed by atoms with Crippen LogP contribution in [0.1, 0.15) is 19.8 Å². The Kier molecular flexibility index (Phi) is 6.55. The van der Waals surface area contributed by atoms with Crippen molar-refractivity contribution in [3.8, 4) is 0 Å². The van der Waals surface area contributed by atoms with Crippen LogP contribution in [-0.4, -0.2) is 40.2 Å². The van der Waals surface area contributed by atoms with Crippen molar-refractivity contribution < 1.29 is 19.5 Å². The fraction of sp³-hybridized carbons (Fsp3) is 1.00. The lowest BCUT2D eigenvalue weighted by Crippen LogP contribution is -2.36. The quantitative estimate of drug-likeness (QED) is 0.349. The average molecular weight is 211 g/mol. The number of hydrogen-bond donors (Lipinski definition) is 4. The van der Waals surface area contributed by atoms with Gasteiger partial charge in [0.2, 0.25) is 0 Å². The van der Waals surface area contributed by atoms with E-state index in [1.54, 1.807) is 0 Å². The molecular formula is C7H18NO4P. The second-order valence-electron chi connectivity index (χ2n) is 3.03. The van der Waals surface area contributed by atoms with Crippen LogP contribution in [0.4, 0.5) is 0 Å². The van der Waals surface area contributed by atoms with E-state index in [0.717, 1.165) is 12.8 Å². The maximum Gasteiger partial charge on any atom is 0.327 e. The third kappa shape index (κ3) is 8.40. The molecule has 0 rings (SSSR count). The lowest BCUT2D eigenvalue weighted by Gasteiger charge is -2.16. The Balaban J connectivity index is 3.70. The van der Waals surface area contributed by atoms with E-state index in [1.165, 1.54) is 0 Å². The lowest BCUT2D eigenvalue weighted by atomic mass is 10.3. The summed E-state index contributed by atoms with van der Waals surface area (Å²) in [6, 6.07) is -0.493. The molecule has 0 aromatic rings. The zero-order valence-electron chi connectivity index (χ0n) is 7.81. The van der Waals surface area contributed by atoms with Gasteiger partial charge in [0.1, 0.15) is 0 Å². The first kappa shape index (κ1) is 13.1. The fourth-order valence-electron chi connectivity index (χ4n) is 0.957. The first-order valence-corrected chi connectivity index (χ1v) is 6.18. The Morgan fingerprint density at radius 1 is 1.46 bits per heavy atom. The first-order chi connectivity index (χ1) is 5.99. The molecule has 0 aromatic heterocycles. The molecule has 0 fully saturated rings. The van der Waals surface area contributed by atoms with Crippen molar-refractivity contribution in [3.63, 3.8) is 0 Å². The number of hydrogen-bond acceptors (Lipinski definition) is 3. The molecule has 0 saturated carbocycles. The average Bonchev–Trinajstić information content (AvgIpc) is 2.01. The maximum absolute atomic E-state index is 10.6. The normalized spacial score (nSPS) is 14.5. The molecule has 0 heterocycles. The van der Waals surface area contributed by atoms with Gasteiger partial charge in [-0.3, -0.25) is 4.57 Å². The smallest absolute Gasteiger partial charge is 0.327 e. The number of nitrogens with one attached hydrogen (secondary N) is 1. The van der Waals surface area contributed by atoms with Crippen LogP contribution >= 0.6 is 7.60 Å². The number of aliphatic hydroxyl groups is 1. The molecule has 0 aliphatic heterocycles. The summed E-state index contributed by atoms with van der Waals surface area (Å²) in [7, 11) is -4.01. The van der Waals surface area contributed by atoms with Crippen LogP contribution in [0.15, 0.2) is 0 Å². The third-order valence-electron chi connectivity index (χ3n) is 1.64. The van der Waals surface area contributed by atoms with Gasteiger partial charge in [-0.15, -0.1) is 0 Å². The molecule has 0 amide bonds. The van der Waals surface area contributed by atoms with E-state index in [-0.39, 0.29) is 12.8 Å². The van der Waals surface area contributed by atoms with Crippen molar-refractivity contribution in [2.24, 2.45) is 0 Å². The van der Waals surface area contributed by atoms with E-state index < -0.39 is 13.6 Å². The van der Waals surface area contributed by atoms with Crippen LogP contribution in [0.2, 0.25) is 0 Å². The highest BCUT2D eigenvalue weighted by Crippen LogP contribution is 2.34. The topological polar surface area (TPSA) is 89.8 Å². The van der Waals surface area contributed by atoms with E-state index in [4.69, 9.17) is 14.9 Å². The summed E-state index contributed by atoms with van der Waals surface area (Å²) in [4.78, 5) is 17.3. The Morgan fingerprint density at radius 3 is 2.46 bits per heavy atom. The molecule has 0 saturated heterocycles. The number of rotatable bonds is 7. The molecule has 0 aliphatic carbocycles. The van der Waals surface area contributed by atoms with Crippen molar-refractivity contribution in [2.75, 3.05) is 19.3 Å². The molecule has 0 spiro atoms. The molecule has 0 aliphatic rings. The molecule has 0 bridgehead atoms. The van der Waals surface area contributed by atoms with Gasteiger partial charge >= 0.3 is 7.60 Å². The highest BCUT2D eigenvalue weighted by Gasteiger charge is 2.19. The molecule has 5 nitrogen and oxygen atoms in total. The van der Waals surface area contributed by atoms with Crippen LogP contribution in [-0.2, 0) is 4.57 Å². The minimum atomic E-state index is -4.01. The molecule has 80 valence electrons. The minimum absolute atomic E-state index is 0.241. The molecular weight excluding hydrogens is 193 g/mol. The fourth-order valence-corrected chi connectivity index (χ4v) is 1.78. The summed E-state index contributed by atoms with van der Waals surface area (Å²) in [5.41, 5.74) is 0. The SMILES string of the molecule is CCCCNC(CO)CP(=O)(O)O. The van der Waals surface area contributed by atoms with Crippen molar-refractivity contribution in [1.82, 2.24) is 5.32 Å². The predicted octanol–water partition coefficient (Wildman–Crippen LogP) is -0.0853. The molecule has 0 radical (unpaired) electrons. The molecule has 0 aromatic carbocycles. The summed E-state index contributed by atoms with van der Waals surface area (Å²) < 4.78 is 10.6. The van der Waals surface area contributed by atoms with Crippen LogP contribution in [0.25, 0.3) is 0 Å². The summed E-state index contributed by atoms with van der Waals surface area (Å²) in [6.07, 6.45) is 1.66. The largest absolute Gasteiger partial charge is 0.395 e. The highest BCUT2D eigenvalue weighted by atomic mass is 31.2. The van der Waals surface area contributed by atoms with E-state index in [9.17, 15) is 4.57 Å². The van der Waals surface area contributed by atoms with Gasteiger partial charge in [0.05, 0.1) is 12.8 Å². The van der Waals surface area contributed by atoms with Gasteiger partial charge in [-0.05, 0) is 13.0 Å². The molecule has 1 atom stereocenters. The van der Waals surface area contributed by atoms with E-state index in [2.05, 4.69) is 5.32 Å². The summed E-state index contributed by atoms with van der Waals surface area (Å²) in [5, 5.41) is 11.7. The molecule has 6 heteroatoms. The molecule has 13 heavy (non-hydrogen) atoms. The van der Waals surface area contributed by atoms with E-state index >= 15 is 0 Å². The number of aliphatic hydroxyl groups excluding tert-OH is 1. The van der Waals surface area contributed by atoms with Gasteiger partial charge in [-0.1, -0.05) is 13.3 Å². The Hall–Kier alpha value is 0.0700. The van der Waals surface area contributed by atoms with Crippen LogP contribution in [0.3, 0.4) is 0 Å². The maximum atomic E-state index is 10.6. The molecule has 1 unspecified atom stereocenters. The van der Waals surface area contributed by atoms with Gasteiger partial charge < -0.3 is 20.2 Å². The zero-order chi connectivity index (χ0) is 10.3. The minimum Gasteiger partial charge on any atom is -0.395 e. The van der Waals surface area contributed by atoms with Crippen molar-refractivity contribution >= 4 is 7.60 Å². The lowest BCUT2D eigenvalue weighted by molar-refractivity contribution is 0.245.